The molecule has 0 radical (unpaired) electrons. The van der Waals surface area contributed by atoms with E-state index >= 15 is 0 Å². The molecule has 1 aliphatic carbocycles. The molecule has 1 saturated carbocycles. The fraction of sp³-hybridized carbons (Fsp3) is 0.353. The molecule has 2 aromatic rings. The summed E-state index contributed by atoms with van der Waals surface area (Å²) in [6, 6.07) is 7.10. The predicted octanol–water partition coefficient (Wildman–Crippen LogP) is 2.17. The minimum Gasteiger partial charge on any atom is -0.359 e. The van der Waals surface area contributed by atoms with Gasteiger partial charge < -0.3 is 10.6 Å². The Morgan fingerprint density at radius 2 is 2.17 bits per heavy atom. The molecule has 1 aromatic heterocycles. The van der Waals surface area contributed by atoms with Crippen molar-refractivity contribution in [2.24, 2.45) is 5.92 Å². The lowest BCUT2D eigenvalue weighted by atomic mass is 10.0. The van der Waals surface area contributed by atoms with E-state index < -0.39 is 0 Å². The smallest absolute Gasteiger partial charge is 0.254 e. The van der Waals surface area contributed by atoms with Crippen LogP contribution in [0.1, 0.15) is 29.6 Å². The van der Waals surface area contributed by atoms with Crippen molar-refractivity contribution in [3.63, 3.8) is 0 Å². The zero-order chi connectivity index (χ0) is 17.1. The molecule has 1 aliphatic rings. The van der Waals surface area contributed by atoms with Gasteiger partial charge in [-0.1, -0.05) is 24.1 Å². The number of carbonyl (C=O) groups excluding carboxylic acids is 2. The topological polar surface area (TPSA) is 76.0 Å². The summed E-state index contributed by atoms with van der Waals surface area (Å²) in [5.41, 5.74) is 1.24. The number of aromatic nitrogens is 2. The maximum Gasteiger partial charge on any atom is 0.254 e. The van der Waals surface area contributed by atoms with Gasteiger partial charge in [0.1, 0.15) is 0 Å². The monoisotopic (exact) mass is 346 g/mol. The number of hydrogen-bond acceptors (Lipinski definition) is 3. The molecule has 3 rings (SSSR count). The largest absolute Gasteiger partial charge is 0.359 e. The molecular weight excluding hydrogens is 328 g/mol. The van der Waals surface area contributed by atoms with Crippen LogP contribution < -0.4 is 10.6 Å². The maximum absolute atomic E-state index is 12.4. The highest BCUT2D eigenvalue weighted by Gasteiger charge is 2.33. The van der Waals surface area contributed by atoms with Crippen molar-refractivity contribution in [1.29, 1.82) is 0 Å². The van der Waals surface area contributed by atoms with Gasteiger partial charge in [-0.05, 0) is 31.0 Å². The third-order valence-corrected chi connectivity index (χ3v) is 4.57. The van der Waals surface area contributed by atoms with Crippen LogP contribution in [0, 0.1) is 5.92 Å². The van der Waals surface area contributed by atoms with Crippen LogP contribution in [-0.4, -0.2) is 34.7 Å². The van der Waals surface area contributed by atoms with E-state index in [1.807, 2.05) is 12.1 Å². The van der Waals surface area contributed by atoms with E-state index in [1.54, 1.807) is 30.1 Å². The van der Waals surface area contributed by atoms with Gasteiger partial charge in [0.25, 0.3) is 5.91 Å². The molecule has 0 spiro atoms. The Labute approximate surface area is 145 Å². The van der Waals surface area contributed by atoms with Gasteiger partial charge in [0.2, 0.25) is 5.91 Å². The van der Waals surface area contributed by atoms with E-state index in [-0.39, 0.29) is 23.8 Å². The summed E-state index contributed by atoms with van der Waals surface area (Å²) < 4.78 is 1.60. The van der Waals surface area contributed by atoms with Crippen molar-refractivity contribution < 1.29 is 9.59 Å². The minimum absolute atomic E-state index is 0.0209. The lowest BCUT2D eigenvalue weighted by Crippen LogP contribution is -2.43. The molecule has 126 valence electrons. The molecule has 2 N–H and O–H groups in total. The van der Waals surface area contributed by atoms with Gasteiger partial charge in [-0.2, -0.15) is 5.10 Å². The number of rotatable bonds is 4. The normalized spacial score (nSPS) is 19.9. The Bertz CT molecular complexity index is 759. The van der Waals surface area contributed by atoms with Crippen LogP contribution in [0.2, 0.25) is 5.02 Å². The first-order valence-corrected chi connectivity index (χ1v) is 8.29. The van der Waals surface area contributed by atoms with Gasteiger partial charge in [-0.25, -0.2) is 4.68 Å². The highest BCUT2D eigenvalue weighted by Crippen LogP contribution is 2.26. The van der Waals surface area contributed by atoms with E-state index in [4.69, 9.17) is 11.6 Å². The molecule has 2 unspecified atom stereocenters. The van der Waals surface area contributed by atoms with Crippen molar-refractivity contribution in [3.8, 4) is 5.69 Å². The van der Waals surface area contributed by atoms with Crippen molar-refractivity contribution in [3.05, 3.63) is 47.2 Å². The molecule has 0 saturated heterocycles. The van der Waals surface area contributed by atoms with Crippen molar-refractivity contribution in [2.45, 2.75) is 25.3 Å². The number of nitrogens with zero attached hydrogens (tertiary/aromatic N) is 2. The number of nitrogens with one attached hydrogen (secondary N) is 2. The third-order valence-electron chi connectivity index (χ3n) is 4.33. The number of halogens is 1. The van der Waals surface area contributed by atoms with E-state index in [1.165, 1.54) is 6.20 Å². The second kappa shape index (κ2) is 7.05. The second-order valence-corrected chi connectivity index (χ2v) is 6.32. The summed E-state index contributed by atoms with van der Waals surface area (Å²) in [5, 5.41) is 10.4. The molecule has 0 bridgehead atoms. The first-order chi connectivity index (χ1) is 11.6. The van der Waals surface area contributed by atoms with Crippen LogP contribution in [0.15, 0.2) is 36.7 Å². The van der Waals surface area contributed by atoms with Crippen molar-refractivity contribution >= 4 is 23.4 Å². The average Bonchev–Trinajstić information content (AvgIpc) is 3.23. The first-order valence-electron chi connectivity index (χ1n) is 7.91. The van der Waals surface area contributed by atoms with Gasteiger partial charge in [0.15, 0.2) is 0 Å². The Morgan fingerprint density at radius 3 is 2.92 bits per heavy atom. The highest BCUT2D eigenvalue weighted by atomic mass is 35.5. The molecular formula is C17H19ClN4O2. The molecule has 24 heavy (non-hydrogen) atoms. The van der Waals surface area contributed by atoms with E-state index in [9.17, 15) is 9.59 Å². The molecule has 0 aliphatic heterocycles. The summed E-state index contributed by atoms with van der Waals surface area (Å²) in [4.78, 5) is 24.3. The van der Waals surface area contributed by atoms with Crippen LogP contribution in [0.25, 0.3) is 5.69 Å². The number of carbonyl (C=O) groups is 2. The number of benzene rings is 1. The Kier molecular flexibility index (Phi) is 4.85. The fourth-order valence-corrected chi connectivity index (χ4v) is 3.27. The van der Waals surface area contributed by atoms with Crippen molar-refractivity contribution in [1.82, 2.24) is 20.4 Å². The van der Waals surface area contributed by atoms with Crippen LogP contribution in [-0.2, 0) is 4.79 Å². The van der Waals surface area contributed by atoms with Gasteiger partial charge in [-0.15, -0.1) is 0 Å². The van der Waals surface area contributed by atoms with E-state index in [0.29, 0.717) is 10.6 Å². The summed E-state index contributed by atoms with van der Waals surface area (Å²) in [6.07, 6.45) is 5.72. The lowest BCUT2D eigenvalue weighted by molar-refractivity contribution is -0.124. The Balaban J connectivity index is 1.71. The molecule has 2 amide bonds. The first kappa shape index (κ1) is 16.5. The maximum atomic E-state index is 12.4. The number of amides is 2. The van der Waals surface area contributed by atoms with Gasteiger partial charge in [0, 0.05) is 24.3 Å². The lowest BCUT2D eigenvalue weighted by Gasteiger charge is -2.19. The zero-order valence-electron chi connectivity index (χ0n) is 13.3. The standard InChI is InChI=1S/C17H19ClN4O2/c1-19-17(24)14-6-3-7-15(14)21-16(23)11-9-20-22(10-11)13-5-2-4-12(18)8-13/h2,4-5,8-10,14-15H,3,6-7H2,1H3,(H,19,24)(H,21,23). The Morgan fingerprint density at radius 1 is 1.33 bits per heavy atom. The molecule has 1 heterocycles. The fourth-order valence-electron chi connectivity index (χ4n) is 3.08. The van der Waals surface area contributed by atoms with Gasteiger partial charge in [0.05, 0.1) is 23.4 Å². The van der Waals surface area contributed by atoms with Crippen LogP contribution in [0.3, 0.4) is 0 Å². The van der Waals surface area contributed by atoms with Gasteiger partial charge >= 0.3 is 0 Å². The van der Waals surface area contributed by atoms with Crippen LogP contribution in [0.5, 0.6) is 0 Å². The zero-order valence-corrected chi connectivity index (χ0v) is 14.1. The second-order valence-electron chi connectivity index (χ2n) is 5.89. The molecule has 6 nitrogen and oxygen atoms in total. The van der Waals surface area contributed by atoms with Crippen LogP contribution >= 0.6 is 11.6 Å². The van der Waals surface area contributed by atoms with E-state index in [0.717, 1.165) is 24.9 Å². The SMILES string of the molecule is CNC(=O)C1CCCC1NC(=O)c1cnn(-c2cccc(Cl)c2)c1. The van der Waals surface area contributed by atoms with Gasteiger partial charge in [-0.3, -0.25) is 9.59 Å². The van der Waals surface area contributed by atoms with Crippen LogP contribution in [0.4, 0.5) is 0 Å². The molecule has 2 atom stereocenters. The molecule has 7 heteroatoms. The number of hydrogen-bond donors (Lipinski definition) is 2. The summed E-state index contributed by atoms with van der Waals surface area (Å²) in [5.74, 6) is -0.404. The Hall–Kier alpha value is -2.34. The molecule has 1 fully saturated rings. The summed E-state index contributed by atoms with van der Waals surface area (Å²) >= 11 is 5.98. The molecule has 1 aromatic carbocycles. The van der Waals surface area contributed by atoms with Crippen molar-refractivity contribution in [2.75, 3.05) is 7.05 Å². The highest BCUT2D eigenvalue weighted by molar-refractivity contribution is 6.30. The summed E-state index contributed by atoms with van der Waals surface area (Å²) in [7, 11) is 1.62. The van der Waals surface area contributed by atoms with E-state index in [2.05, 4.69) is 15.7 Å². The average molecular weight is 347 g/mol. The quantitative estimate of drug-likeness (QED) is 0.890. The summed E-state index contributed by atoms with van der Waals surface area (Å²) in [6.45, 7) is 0. The minimum atomic E-state index is -0.218. The third kappa shape index (κ3) is 3.43. The predicted molar refractivity (Wildman–Crippen MR) is 91.2 cm³/mol.